The van der Waals surface area contributed by atoms with Gasteiger partial charge in [-0.2, -0.15) is 0 Å². The molecule has 1 unspecified atom stereocenters. The number of fused-ring (bicyclic) bond motifs is 1. The number of ketones is 1. The first-order valence-electron chi connectivity index (χ1n) is 11.0. The highest BCUT2D eigenvalue weighted by molar-refractivity contribution is 6.09. The molecule has 5 heteroatoms. The van der Waals surface area contributed by atoms with Crippen LogP contribution >= 0.6 is 0 Å². The van der Waals surface area contributed by atoms with Gasteiger partial charge in [-0.15, -0.1) is 0 Å². The summed E-state index contributed by atoms with van der Waals surface area (Å²) in [6.07, 6.45) is 0.440. The number of nitrogens with one attached hydrogen (secondary N) is 1. The van der Waals surface area contributed by atoms with E-state index in [-0.39, 0.29) is 17.3 Å². The van der Waals surface area contributed by atoms with Gasteiger partial charge in [-0.05, 0) is 48.2 Å². The van der Waals surface area contributed by atoms with E-state index in [4.69, 9.17) is 0 Å². The van der Waals surface area contributed by atoms with Gasteiger partial charge < -0.3 is 5.32 Å². The number of hydrogen-bond donors (Lipinski definition) is 1. The van der Waals surface area contributed by atoms with Crippen molar-refractivity contribution in [3.8, 4) is 11.1 Å². The van der Waals surface area contributed by atoms with Crippen LogP contribution < -0.4 is 5.32 Å². The van der Waals surface area contributed by atoms with Gasteiger partial charge in [0.25, 0.3) is 0 Å². The number of benzene rings is 4. The molecule has 0 fully saturated rings. The Morgan fingerprint density at radius 3 is 2.26 bits per heavy atom. The fourth-order valence-electron chi connectivity index (χ4n) is 4.52. The van der Waals surface area contributed by atoms with E-state index < -0.39 is 17.0 Å². The number of amides is 1. The molecule has 0 radical (unpaired) electrons. The largest absolute Gasteiger partial charge is 0.325 e. The third-order valence-electron chi connectivity index (χ3n) is 6.42. The molecule has 0 aliphatic carbocycles. The maximum Gasteiger partial charge on any atom is 0.235 e. The summed E-state index contributed by atoms with van der Waals surface area (Å²) in [6.45, 7) is 1.87. The molecule has 0 aromatic heterocycles. The zero-order valence-electron chi connectivity index (χ0n) is 18.4. The molecule has 0 spiro atoms. The summed E-state index contributed by atoms with van der Waals surface area (Å²) in [5.41, 5.74) is 3.57. The van der Waals surface area contributed by atoms with Gasteiger partial charge in [0.05, 0.1) is 5.41 Å². The Morgan fingerprint density at radius 2 is 1.56 bits per heavy atom. The first-order chi connectivity index (χ1) is 16.3. The predicted octanol–water partition coefficient (Wildman–Crippen LogP) is 6.32. The van der Waals surface area contributed by atoms with Crippen LogP contribution in [0, 0.1) is 11.6 Å². The Labute approximate surface area is 196 Å². The van der Waals surface area contributed by atoms with Crippen molar-refractivity contribution in [3.05, 3.63) is 125 Å². The van der Waals surface area contributed by atoms with Crippen molar-refractivity contribution >= 4 is 17.4 Å². The molecule has 4 aromatic rings. The second-order valence-electron chi connectivity index (χ2n) is 8.74. The van der Waals surface area contributed by atoms with Crippen LogP contribution in [0.15, 0.2) is 91.0 Å². The van der Waals surface area contributed by atoms with Gasteiger partial charge in [-0.3, -0.25) is 9.59 Å². The van der Waals surface area contributed by atoms with E-state index >= 15 is 0 Å². The van der Waals surface area contributed by atoms with Crippen LogP contribution in [-0.4, -0.2) is 11.7 Å². The molecule has 1 atom stereocenters. The Bertz CT molecular complexity index is 1410. The first-order valence-corrected chi connectivity index (χ1v) is 11.0. The highest BCUT2D eigenvalue weighted by atomic mass is 19.1. The lowest BCUT2D eigenvalue weighted by molar-refractivity contribution is -0.120. The smallest absolute Gasteiger partial charge is 0.235 e. The number of halogens is 2. The minimum absolute atomic E-state index is 0.0529. The van der Waals surface area contributed by atoms with Crippen LogP contribution in [0.4, 0.5) is 14.5 Å². The van der Waals surface area contributed by atoms with E-state index in [1.807, 2.05) is 43.3 Å². The maximum absolute atomic E-state index is 14.3. The molecule has 5 rings (SSSR count). The second kappa shape index (κ2) is 8.34. The van der Waals surface area contributed by atoms with Gasteiger partial charge in [0.15, 0.2) is 5.78 Å². The van der Waals surface area contributed by atoms with Gasteiger partial charge in [0.2, 0.25) is 5.91 Å². The number of hydrogen-bond acceptors (Lipinski definition) is 2. The quantitative estimate of drug-likeness (QED) is 0.360. The third kappa shape index (κ3) is 3.79. The Hall–Kier alpha value is -4.12. The van der Waals surface area contributed by atoms with Crippen LogP contribution in [0.5, 0.6) is 0 Å². The van der Waals surface area contributed by atoms with E-state index in [0.717, 1.165) is 17.2 Å². The molecule has 3 nitrogen and oxygen atoms in total. The van der Waals surface area contributed by atoms with Gasteiger partial charge in [-0.1, -0.05) is 66.7 Å². The third-order valence-corrected chi connectivity index (χ3v) is 6.42. The van der Waals surface area contributed by atoms with Crippen molar-refractivity contribution in [2.75, 3.05) is 5.32 Å². The Balaban J connectivity index is 1.41. The Kier molecular flexibility index (Phi) is 5.33. The maximum atomic E-state index is 14.3. The molecule has 1 heterocycles. The lowest BCUT2D eigenvalue weighted by Crippen LogP contribution is -2.33. The minimum Gasteiger partial charge on any atom is -0.325 e. The highest BCUT2D eigenvalue weighted by Gasteiger charge is 2.42. The zero-order chi connectivity index (χ0) is 23.9. The van der Waals surface area contributed by atoms with Crippen LogP contribution in [-0.2, 0) is 16.6 Å². The molecule has 0 saturated heterocycles. The SMILES string of the molecule is CC1(Cc2ccc(C(=O)c3ccccc3)cc2)C(=O)Nc2cc(-c3ccc(F)cc3F)ccc21. The molecule has 4 aromatic carbocycles. The van der Waals surface area contributed by atoms with E-state index in [9.17, 15) is 18.4 Å². The van der Waals surface area contributed by atoms with Crippen molar-refractivity contribution in [2.24, 2.45) is 0 Å². The van der Waals surface area contributed by atoms with Gasteiger partial charge in [0, 0.05) is 28.4 Å². The molecule has 1 N–H and O–H groups in total. The number of carbonyl (C=O) groups is 2. The summed E-state index contributed by atoms with van der Waals surface area (Å²) in [5, 5.41) is 2.91. The summed E-state index contributed by atoms with van der Waals surface area (Å²) < 4.78 is 27.5. The topological polar surface area (TPSA) is 46.2 Å². The summed E-state index contributed by atoms with van der Waals surface area (Å²) in [6, 6.07) is 25.1. The van der Waals surface area contributed by atoms with Gasteiger partial charge in [0.1, 0.15) is 11.6 Å². The van der Waals surface area contributed by atoms with E-state index in [2.05, 4.69) is 5.32 Å². The summed E-state index contributed by atoms with van der Waals surface area (Å²) in [5.74, 6) is -1.50. The highest BCUT2D eigenvalue weighted by Crippen LogP contribution is 2.42. The van der Waals surface area contributed by atoms with Crippen LogP contribution in [0.25, 0.3) is 11.1 Å². The Morgan fingerprint density at radius 1 is 0.853 bits per heavy atom. The molecule has 1 aliphatic heterocycles. The predicted molar refractivity (Wildman–Crippen MR) is 128 cm³/mol. The van der Waals surface area contributed by atoms with Crippen molar-refractivity contribution in [1.82, 2.24) is 0 Å². The van der Waals surface area contributed by atoms with E-state index in [1.165, 1.54) is 12.1 Å². The fraction of sp³-hybridized carbons (Fsp3) is 0.103. The lowest BCUT2D eigenvalue weighted by Gasteiger charge is -2.22. The monoisotopic (exact) mass is 453 g/mol. The summed E-state index contributed by atoms with van der Waals surface area (Å²) >= 11 is 0. The first kappa shape index (κ1) is 21.7. The van der Waals surface area contributed by atoms with Crippen LogP contribution in [0.1, 0.15) is 34.0 Å². The zero-order valence-corrected chi connectivity index (χ0v) is 18.4. The second-order valence-corrected chi connectivity index (χ2v) is 8.74. The van der Waals surface area contributed by atoms with Crippen molar-refractivity contribution < 1.29 is 18.4 Å². The lowest BCUT2D eigenvalue weighted by atomic mass is 9.78. The summed E-state index contributed by atoms with van der Waals surface area (Å²) in [4.78, 5) is 25.6. The molecule has 0 bridgehead atoms. The molecular weight excluding hydrogens is 432 g/mol. The van der Waals surface area contributed by atoms with Crippen molar-refractivity contribution in [3.63, 3.8) is 0 Å². The van der Waals surface area contributed by atoms with Crippen LogP contribution in [0.2, 0.25) is 0 Å². The van der Waals surface area contributed by atoms with Gasteiger partial charge >= 0.3 is 0 Å². The average Bonchev–Trinajstić information content (AvgIpc) is 3.08. The molecule has 1 aliphatic rings. The van der Waals surface area contributed by atoms with Gasteiger partial charge in [-0.25, -0.2) is 8.78 Å². The van der Waals surface area contributed by atoms with E-state index in [1.54, 1.807) is 36.4 Å². The number of rotatable bonds is 5. The average molecular weight is 453 g/mol. The molecule has 34 heavy (non-hydrogen) atoms. The molecular formula is C29H21F2NO2. The van der Waals surface area contributed by atoms with E-state index in [0.29, 0.717) is 28.8 Å². The number of carbonyl (C=O) groups excluding carboxylic acids is 2. The fourth-order valence-corrected chi connectivity index (χ4v) is 4.52. The molecule has 0 saturated carbocycles. The number of anilines is 1. The van der Waals surface area contributed by atoms with Crippen molar-refractivity contribution in [1.29, 1.82) is 0 Å². The van der Waals surface area contributed by atoms with Crippen LogP contribution in [0.3, 0.4) is 0 Å². The normalized spacial score (nSPS) is 16.7. The van der Waals surface area contributed by atoms with Crippen molar-refractivity contribution in [2.45, 2.75) is 18.8 Å². The molecule has 168 valence electrons. The summed E-state index contributed by atoms with van der Waals surface area (Å²) in [7, 11) is 0. The standard InChI is InChI=1S/C29H21F2NO2/c1-29(17-18-7-9-20(10-8-18)27(33)19-5-3-2-4-6-19)24-14-11-21(15-26(24)32-28(29)34)23-13-12-22(30)16-25(23)31/h2-16H,17H2,1H3,(H,32,34). The minimum atomic E-state index is -0.819. The molecule has 1 amide bonds.